The minimum Gasteiger partial charge on any atom is -0.328 e. The van der Waals surface area contributed by atoms with E-state index in [4.69, 9.17) is 5.73 Å². The van der Waals surface area contributed by atoms with Gasteiger partial charge in [0.25, 0.3) is 0 Å². The van der Waals surface area contributed by atoms with Crippen molar-refractivity contribution in [1.82, 2.24) is 4.90 Å². The van der Waals surface area contributed by atoms with Crippen molar-refractivity contribution < 1.29 is 0 Å². The molecule has 2 N–H and O–H groups in total. The number of rotatable bonds is 8. The predicted octanol–water partition coefficient (Wildman–Crippen LogP) is 3.21. The molecule has 0 saturated carbocycles. The second kappa shape index (κ2) is 8.39. The smallest absolute Gasteiger partial charge is 0.0180 e. The Morgan fingerprint density at radius 3 is 2.29 bits per heavy atom. The Balaban J connectivity index is 3.92. The van der Waals surface area contributed by atoms with E-state index in [1.807, 2.05) is 11.8 Å². The van der Waals surface area contributed by atoms with Crippen molar-refractivity contribution in [3.05, 3.63) is 0 Å². The van der Waals surface area contributed by atoms with Crippen LogP contribution in [0.5, 0.6) is 0 Å². The minimum absolute atomic E-state index is 0.337. The molecule has 0 amide bonds. The maximum absolute atomic E-state index is 6.19. The summed E-state index contributed by atoms with van der Waals surface area (Å²) in [6.45, 7) is 10.2. The van der Waals surface area contributed by atoms with Crippen molar-refractivity contribution in [2.24, 2.45) is 11.1 Å². The summed E-state index contributed by atoms with van der Waals surface area (Å²) in [6, 6.07) is 1.04. The molecule has 0 aromatic heterocycles. The first-order chi connectivity index (χ1) is 7.80. The van der Waals surface area contributed by atoms with Crippen LogP contribution in [-0.4, -0.2) is 42.6 Å². The topological polar surface area (TPSA) is 29.3 Å². The molecule has 0 radical (unpaired) electrons. The summed E-state index contributed by atoms with van der Waals surface area (Å²) in [5.41, 5.74) is 6.54. The van der Waals surface area contributed by atoms with Crippen molar-refractivity contribution in [2.75, 3.05) is 25.6 Å². The first kappa shape index (κ1) is 17.3. The van der Waals surface area contributed by atoms with Gasteiger partial charge in [-0.15, -0.1) is 0 Å². The Hall–Kier alpha value is 0.270. The molecule has 0 fully saturated rings. The molecule has 2 unspecified atom stereocenters. The Labute approximate surface area is 113 Å². The van der Waals surface area contributed by atoms with Gasteiger partial charge >= 0.3 is 0 Å². The van der Waals surface area contributed by atoms with Crippen molar-refractivity contribution in [3.63, 3.8) is 0 Å². The molecule has 17 heavy (non-hydrogen) atoms. The van der Waals surface area contributed by atoms with Gasteiger partial charge in [-0.2, -0.15) is 11.8 Å². The highest BCUT2D eigenvalue weighted by Gasteiger charge is 2.17. The van der Waals surface area contributed by atoms with Gasteiger partial charge in [0, 0.05) is 17.8 Å². The van der Waals surface area contributed by atoms with Crippen LogP contribution in [0.3, 0.4) is 0 Å². The van der Waals surface area contributed by atoms with Crippen molar-refractivity contribution in [3.8, 4) is 0 Å². The van der Waals surface area contributed by atoms with E-state index in [9.17, 15) is 0 Å². The van der Waals surface area contributed by atoms with Gasteiger partial charge in [0.05, 0.1) is 0 Å². The molecule has 2 nitrogen and oxygen atoms in total. The predicted molar refractivity (Wildman–Crippen MR) is 81.8 cm³/mol. The van der Waals surface area contributed by atoms with Crippen LogP contribution < -0.4 is 5.73 Å². The molecule has 0 spiro atoms. The Morgan fingerprint density at radius 1 is 1.29 bits per heavy atom. The standard InChI is InChI=1S/C14H32N2S/c1-7-13(11-17-6)16(5)9-8-12(15)10-14(2,3)4/h12-13H,7-11,15H2,1-6H3. The third-order valence-electron chi connectivity index (χ3n) is 3.18. The summed E-state index contributed by atoms with van der Waals surface area (Å²) < 4.78 is 0. The molecule has 0 bridgehead atoms. The van der Waals surface area contributed by atoms with E-state index in [1.165, 1.54) is 12.2 Å². The lowest BCUT2D eigenvalue weighted by Gasteiger charge is -2.29. The molecule has 0 aromatic rings. The highest BCUT2D eigenvalue weighted by Crippen LogP contribution is 2.21. The average molecular weight is 260 g/mol. The lowest BCUT2D eigenvalue weighted by atomic mass is 9.87. The van der Waals surface area contributed by atoms with Gasteiger partial charge in [-0.05, 0) is 44.5 Å². The molecule has 104 valence electrons. The van der Waals surface area contributed by atoms with Gasteiger partial charge in [0.2, 0.25) is 0 Å². The molecule has 3 heteroatoms. The summed E-state index contributed by atoms with van der Waals surface area (Å²) in [5.74, 6) is 1.22. The number of nitrogens with two attached hydrogens (primary N) is 1. The molecule has 0 heterocycles. The molecule has 0 aliphatic heterocycles. The monoisotopic (exact) mass is 260 g/mol. The van der Waals surface area contributed by atoms with Crippen molar-refractivity contribution in [2.45, 2.75) is 59.0 Å². The molecule has 0 aromatic carbocycles. The van der Waals surface area contributed by atoms with E-state index in [0.29, 0.717) is 17.5 Å². The van der Waals surface area contributed by atoms with E-state index in [0.717, 1.165) is 19.4 Å². The van der Waals surface area contributed by atoms with Gasteiger partial charge < -0.3 is 10.6 Å². The lowest BCUT2D eigenvalue weighted by Crippen LogP contribution is -2.37. The zero-order chi connectivity index (χ0) is 13.5. The lowest BCUT2D eigenvalue weighted by molar-refractivity contribution is 0.234. The Bertz CT molecular complexity index is 189. The van der Waals surface area contributed by atoms with Crippen LogP contribution in [0.2, 0.25) is 0 Å². The van der Waals surface area contributed by atoms with Gasteiger partial charge in [0.1, 0.15) is 0 Å². The third kappa shape index (κ3) is 8.92. The fraction of sp³-hybridized carbons (Fsp3) is 1.00. The average Bonchev–Trinajstić information content (AvgIpc) is 2.20. The molecular formula is C14H32N2S. The van der Waals surface area contributed by atoms with Gasteiger partial charge in [-0.1, -0.05) is 27.7 Å². The fourth-order valence-corrected chi connectivity index (χ4v) is 3.06. The zero-order valence-electron chi connectivity index (χ0n) is 12.6. The summed E-state index contributed by atoms with van der Waals surface area (Å²) in [6.07, 6.45) is 5.63. The van der Waals surface area contributed by atoms with E-state index in [-0.39, 0.29) is 0 Å². The quantitative estimate of drug-likeness (QED) is 0.726. The van der Waals surface area contributed by atoms with Gasteiger partial charge in [0.15, 0.2) is 0 Å². The van der Waals surface area contributed by atoms with Crippen LogP contribution in [0.4, 0.5) is 0 Å². The van der Waals surface area contributed by atoms with Crippen LogP contribution in [0.1, 0.15) is 47.0 Å². The summed E-state index contributed by atoms with van der Waals surface area (Å²) in [7, 11) is 2.23. The van der Waals surface area contributed by atoms with Crippen LogP contribution in [0.15, 0.2) is 0 Å². The molecular weight excluding hydrogens is 228 g/mol. The maximum Gasteiger partial charge on any atom is 0.0180 e. The third-order valence-corrected chi connectivity index (χ3v) is 3.90. The van der Waals surface area contributed by atoms with Crippen molar-refractivity contribution in [1.29, 1.82) is 0 Å². The summed E-state index contributed by atoms with van der Waals surface area (Å²) >= 11 is 1.93. The first-order valence-electron chi connectivity index (χ1n) is 6.75. The molecule has 0 aliphatic carbocycles. The maximum atomic E-state index is 6.19. The number of hydrogen-bond donors (Lipinski definition) is 1. The number of thioether (sulfide) groups is 1. The van der Waals surface area contributed by atoms with Crippen LogP contribution >= 0.6 is 11.8 Å². The minimum atomic E-state index is 0.337. The van der Waals surface area contributed by atoms with Crippen LogP contribution in [0.25, 0.3) is 0 Å². The fourth-order valence-electron chi connectivity index (χ4n) is 2.19. The highest BCUT2D eigenvalue weighted by molar-refractivity contribution is 7.98. The first-order valence-corrected chi connectivity index (χ1v) is 8.14. The molecule has 2 atom stereocenters. The Kier molecular flexibility index (Phi) is 8.52. The van der Waals surface area contributed by atoms with E-state index in [2.05, 4.69) is 45.9 Å². The SMILES string of the molecule is CCC(CSC)N(C)CCC(N)CC(C)(C)C. The van der Waals surface area contributed by atoms with E-state index in [1.54, 1.807) is 0 Å². The van der Waals surface area contributed by atoms with Crippen LogP contribution in [0, 0.1) is 5.41 Å². The molecule has 0 aliphatic rings. The number of hydrogen-bond acceptors (Lipinski definition) is 3. The highest BCUT2D eigenvalue weighted by atomic mass is 32.2. The number of nitrogens with zero attached hydrogens (tertiary/aromatic N) is 1. The zero-order valence-corrected chi connectivity index (χ0v) is 13.4. The van der Waals surface area contributed by atoms with Crippen molar-refractivity contribution >= 4 is 11.8 Å². The van der Waals surface area contributed by atoms with E-state index >= 15 is 0 Å². The molecule has 0 saturated heterocycles. The van der Waals surface area contributed by atoms with Crippen LogP contribution in [-0.2, 0) is 0 Å². The largest absolute Gasteiger partial charge is 0.328 e. The normalized spacial score (nSPS) is 16.2. The Morgan fingerprint density at radius 2 is 1.88 bits per heavy atom. The van der Waals surface area contributed by atoms with Gasteiger partial charge in [-0.25, -0.2) is 0 Å². The van der Waals surface area contributed by atoms with Gasteiger partial charge in [-0.3, -0.25) is 0 Å². The van der Waals surface area contributed by atoms with E-state index < -0.39 is 0 Å². The second-order valence-corrected chi connectivity index (χ2v) is 7.22. The summed E-state index contributed by atoms with van der Waals surface area (Å²) in [5, 5.41) is 0. The second-order valence-electron chi connectivity index (χ2n) is 6.31. The molecule has 0 rings (SSSR count). The summed E-state index contributed by atoms with van der Waals surface area (Å²) in [4.78, 5) is 2.47.